The van der Waals surface area contributed by atoms with Crippen LogP contribution in [-0.2, 0) is 11.1 Å². The van der Waals surface area contributed by atoms with Gasteiger partial charge in [0, 0.05) is 15.7 Å². The van der Waals surface area contributed by atoms with Gasteiger partial charge in [-0.1, -0.05) is 6.07 Å². The first-order valence-corrected chi connectivity index (χ1v) is 3.48. The van der Waals surface area contributed by atoms with E-state index in [1.807, 2.05) is 0 Å². The first-order valence-electron chi connectivity index (χ1n) is 3.01. The van der Waals surface area contributed by atoms with E-state index < -0.39 is 0 Å². The lowest BCUT2D eigenvalue weighted by Gasteiger charge is -1.96. The Balaban J connectivity index is 2.76. The monoisotopic (exact) mass is 166 g/mol. The zero-order chi connectivity index (χ0) is 8.10. The van der Waals surface area contributed by atoms with Crippen molar-refractivity contribution < 1.29 is 4.52 Å². The topological polar surface area (TPSA) is 26.5 Å². The fourth-order valence-corrected chi connectivity index (χ4v) is 0.824. The average molecular weight is 166 g/mol. The summed E-state index contributed by atoms with van der Waals surface area (Å²) in [6.45, 7) is 7.13. The molecule has 56 valence electrons. The number of rotatable bonds is 2. The lowest BCUT2D eigenvalue weighted by molar-refractivity contribution is 0.356. The van der Waals surface area contributed by atoms with Gasteiger partial charge in [0.2, 0.25) is 5.69 Å². The van der Waals surface area contributed by atoms with Crippen molar-refractivity contribution in [3.63, 3.8) is 0 Å². The van der Waals surface area contributed by atoms with E-state index in [1.54, 1.807) is 12.1 Å². The molecule has 0 aliphatic rings. The molecule has 0 aliphatic heterocycles. The molecule has 0 amide bonds. The Morgan fingerprint density at radius 1 is 1.64 bits per heavy atom. The molecule has 0 fully saturated rings. The van der Waals surface area contributed by atoms with E-state index in [4.69, 9.17) is 11.1 Å². The summed E-state index contributed by atoms with van der Waals surface area (Å²) >= 11 is 0. The molecule has 11 heavy (non-hydrogen) atoms. The van der Waals surface area contributed by atoms with Gasteiger partial charge in [-0.2, -0.15) is 0 Å². The highest BCUT2D eigenvalue weighted by Crippen LogP contribution is 2.10. The summed E-state index contributed by atoms with van der Waals surface area (Å²) in [5, 5.41) is 0. The van der Waals surface area contributed by atoms with Gasteiger partial charge in [-0.25, -0.2) is 4.85 Å². The minimum absolute atomic E-state index is 0.461. The number of nitrogens with zero attached hydrogens (tertiary/aromatic N) is 2. The molecule has 1 aromatic heterocycles. The van der Waals surface area contributed by atoms with Crippen molar-refractivity contribution in [3.05, 3.63) is 35.4 Å². The third-order valence-electron chi connectivity index (χ3n) is 1.17. The number of aromatic nitrogens is 1. The smallest absolute Gasteiger partial charge is 0.205 e. The van der Waals surface area contributed by atoms with Gasteiger partial charge in [-0.3, -0.25) is 4.98 Å². The molecule has 0 aromatic carbocycles. The van der Waals surface area contributed by atoms with Crippen LogP contribution < -0.4 is 0 Å². The SMILES string of the molecule is [C-]#[N+]c1ccc(COP)nc1. The number of hydrogen-bond acceptors (Lipinski definition) is 2. The van der Waals surface area contributed by atoms with Crippen LogP contribution in [-0.4, -0.2) is 4.98 Å². The molecule has 0 saturated heterocycles. The van der Waals surface area contributed by atoms with Gasteiger partial charge < -0.3 is 4.52 Å². The van der Waals surface area contributed by atoms with Gasteiger partial charge in [0.25, 0.3) is 0 Å². The number of pyridine rings is 1. The molecule has 0 saturated carbocycles. The van der Waals surface area contributed by atoms with E-state index in [1.165, 1.54) is 6.20 Å². The standard InChI is InChI=1S/C7H7N2OP/c1-8-6-2-3-7(5-10-11)9-4-6/h2-4H,5,11H2. The summed E-state index contributed by atoms with van der Waals surface area (Å²) in [5.41, 5.74) is 1.38. The quantitative estimate of drug-likeness (QED) is 0.495. The molecule has 1 rings (SSSR count). The summed E-state index contributed by atoms with van der Waals surface area (Å²) in [4.78, 5) is 7.20. The van der Waals surface area contributed by atoms with Crippen molar-refractivity contribution >= 4 is 15.2 Å². The molecule has 1 atom stereocenters. The Morgan fingerprint density at radius 2 is 2.45 bits per heavy atom. The highest BCUT2D eigenvalue weighted by atomic mass is 31.0. The molecule has 4 heteroatoms. The first-order chi connectivity index (χ1) is 5.36. The van der Waals surface area contributed by atoms with Gasteiger partial charge in [0.1, 0.15) is 0 Å². The second-order valence-corrected chi connectivity index (χ2v) is 2.26. The van der Waals surface area contributed by atoms with Crippen LogP contribution in [0.25, 0.3) is 4.85 Å². The Labute approximate surface area is 67.5 Å². The van der Waals surface area contributed by atoms with E-state index >= 15 is 0 Å². The maximum Gasteiger partial charge on any atom is 0.205 e. The Bertz CT molecular complexity index is 265. The molecule has 1 unspecified atom stereocenters. The lowest BCUT2D eigenvalue weighted by atomic mass is 10.3. The van der Waals surface area contributed by atoms with Crippen LogP contribution in [0.3, 0.4) is 0 Å². The molecule has 0 aliphatic carbocycles. The highest BCUT2D eigenvalue weighted by Gasteiger charge is 1.92. The minimum atomic E-state index is 0.461. The Morgan fingerprint density at radius 3 is 2.91 bits per heavy atom. The summed E-state index contributed by atoms with van der Waals surface area (Å²) in [6, 6.07) is 3.50. The maximum atomic E-state index is 6.67. The average Bonchev–Trinajstić information content (AvgIpc) is 2.07. The van der Waals surface area contributed by atoms with E-state index in [0.29, 0.717) is 12.3 Å². The first kappa shape index (κ1) is 8.13. The third-order valence-corrected chi connectivity index (χ3v) is 1.34. The van der Waals surface area contributed by atoms with Crippen molar-refractivity contribution in [2.75, 3.05) is 0 Å². The third kappa shape index (κ3) is 2.27. The Kier molecular flexibility index (Phi) is 2.97. The zero-order valence-corrected chi connectivity index (χ0v) is 6.97. The molecule has 3 nitrogen and oxygen atoms in total. The summed E-state index contributed by atoms with van der Waals surface area (Å²) < 4.78 is 4.78. The molecule has 0 radical (unpaired) electrons. The van der Waals surface area contributed by atoms with Gasteiger partial charge in [-0.15, -0.1) is 0 Å². The molecule has 1 heterocycles. The second kappa shape index (κ2) is 4.02. The minimum Gasteiger partial charge on any atom is -0.359 e. The Hall–Kier alpha value is -0.970. The van der Waals surface area contributed by atoms with Crippen LogP contribution in [0, 0.1) is 6.57 Å². The van der Waals surface area contributed by atoms with Crippen LogP contribution in [0.2, 0.25) is 0 Å². The van der Waals surface area contributed by atoms with Crippen molar-refractivity contribution in [3.8, 4) is 0 Å². The zero-order valence-electron chi connectivity index (χ0n) is 5.82. The van der Waals surface area contributed by atoms with E-state index in [-0.39, 0.29) is 0 Å². The maximum absolute atomic E-state index is 6.67. The summed E-state index contributed by atoms with van der Waals surface area (Å²) in [6.07, 6.45) is 1.53. The number of hydrogen-bond donors (Lipinski definition) is 0. The molecule has 0 spiro atoms. The summed E-state index contributed by atoms with van der Waals surface area (Å²) in [5.74, 6) is 0. The van der Waals surface area contributed by atoms with Gasteiger partial charge >= 0.3 is 0 Å². The van der Waals surface area contributed by atoms with Gasteiger partial charge in [0.05, 0.1) is 18.9 Å². The molecular weight excluding hydrogens is 159 g/mol. The van der Waals surface area contributed by atoms with Crippen molar-refractivity contribution in [1.29, 1.82) is 0 Å². The molecule has 1 aromatic rings. The highest BCUT2D eigenvalue weighted by molar-refractivity contribution is 7.09. The van der Waals surface area contributed by atoms with Crippen molar-refractivity contribution in [2.45, 2.75) is 6.61 Å². The normalized spacial score (nSPS) is 9.09. The van der Waals surface area contributed by atoms with Gasteiger partial charge in [-0.05, 0) is 6.07 Å². The predicted molar refractivity (Wildman–Crippen MR) is 45.0 cm³/mol. The van der Waals surface area contributed by atoms with E-state index in [9.17, 15) is 0 Å². The molecule has 0 N–H and O–H groups in total. The largest absolute Gasteiger partial charge is 0.359 e. The van der Waals surface area contributed by atoms with E-state index in [2.05, 4.69) is 19.3 Å². The van der Waals surface area contributed by atoms with Crippen LogP contribution >= 0.6 is 9.47 Å². The fourth-order valence-electron chi connectivity index (χ4n) is 0.654. The van der Waals surface area contributed by atoms with Crippen LogP contribution in [0.5, 0.6) is 0 Å². The molecular formula is C7H7N2OP. The van der Waals surface area contributed by atoms with Gasteiger partial charge in [0.15, 0.2) is 0 Å². The van der Waals surface area contributed by atoms with E-state index in [0.717, 1.165) is 5.69 Å². The van der Waals surface area contributed by atoms with Crippen molar-refractivity contribution in [2.24, 2.45) is 0 Å². The summed E-state index contributed by atoms with van der Waals surface area (Å²) in [7, 11) is 2.15. The fraction of sp³-hybridized carbons (Fsp3) is 0.143. The van der Waals surface area contributed by atoms with Crippen LogP contribution in [0.1, 0.15) is 5.69 Å². The van der Waals surface area contributed by atoms with Crippen LogP contribution in [0.4, 0.5) is 5.69 Å². The lowest BCUT2D eigenvalue weighted by Crippen LogP contribution is -1.86. The predicted octanol–water partition coefficient (Wildman–Crippen LogP) is 1.94. The second-order valence-electron chi connectivity index (χ2n) is 1.93. The van der Waals surface area contributed by atoms with Crippen molar-refractivity contribution in [1.82, 2.24) is 4.98 Å². The molecule has 0 bridgehead atoms. The van der Waals surface area contributed by atoms with Crippen LogP contribution in [0.15, 0.2) is 18.3 Å².